The highest BCUT2D eigenvalue weighted by molar-refractivity contribution is 5.93. The molecule has 1 aromatic carbocycles. The Bertz CT molecular complexity index is 663. The minimum Gasteiger partial charge on any atom is -0.345 e. The number of amides is 2. The first-order valence-electron chi connectivity index (χ1n) is 10.3. The maximum Gasteiger partial charge on any atom is 0.253 e. The molecule has 2 N–H and O–H groups in total. The van der Waals surface area contributed by atoms with Crippen LogP contribution in [0.4, 0.5) is 0 Å². The van der Waals surface area contributed by atoms with Gasteiger partial charge in [0.1, 0.15) is 0 Å². The van der Waals surface area contributed by atoms with Gasteiger partial charge in [0.25, 0.3) is 5.91 Å². The van der Waals surface area contributed by atoms with E-state index in [0.29, 0.717) is 36.5 Å². The van der Waals surface area contributed by atoms with Crippen LogP contribution < -0.4 is 5.73 Å². The maximum absolute atomic E-state index is 13.2. The molecule has 2 aliphatic carbocycles. The summed E-state index contributed by atoms with van der Waals surface area (Å²) in [5.74, 6) is 1.42. The van der Waals surface area contributed by atoms with Crippen molar-refractivity contribution in [2.24, 2.45) is 23.5 Å². The molecule has 28 heavy (non-hydrogen) atoms. The highest BCUT2D eigenvalue weighted by Crippen LogP contribution is 2.42. The van der Waals surface area contributed by atoms with E-state index in [1.165, 1.54) is 19.3 Å². The Hall–Kier alpha value is -1.59. The van der Waals surface area contributed by atoms with Crippen molar-refractivity contribution in [1.82, 2.24) is 9.80 Å². The Kier molecular flexibility index (Phi) is 7.90. The van der Waals surface area contributed by atoms with Gasteiger partial charge in [0.05, 0.1) is 0 Å². The van der Waals surface area contributed by atoms with Crippen molar-refractivity contribution in [2.75, 3.05) is 20.6 Å². The molecule has 2 bridgehead atoms. The van der Waals surface area contributed by atoms with Crippen molar-refractivity contribution in [3.8, 4) is 0 Å². The molecule has 156 valence electrons. The second kappa shape index (κ2) is 9.75. The molecule has 0 aromatic heterocycles. The van der Waals surface area contributed by atoms with Gasteiger partial charge in [0, 0.05) is 44.7 Å². The van der Waals surface area contributed by atoms with Crippen LogP contribution in [0.2, 0.25) is 0 Å². The molecule has 6 heteroatoms. The lowest BCUT2D eigenvalue weighted by Gasteiger charge is -2.44. The normalized spacial score (nSPS) is 26.1. The molecular formula is C22H34ClN3O2. The van der Waals surface area contributed by atoms with Crippen LogP contribution in [0.1, 0.15) is 54.9 Å². The quantitative estimate of drug-likeness (QED) is 0.814. The number of hydrogen-bond donors (Lipinski definition) is 1. The van der Waals surface area contributed by atoms with Crippen molar-refractivity contribution in [3.63, 3.8) is 0 Å². The Morgan fingerprint density at radius 3 is 2.14 bits per heavy atom. The highest BCUT2D eigenvalue weighted by Gasteiger charge is 2.41. The number of hydrogen-bond acceptors (Lipinski definition) is 3. The summed E-state index contributed by atoms with van der Waals surface area (Å²) in [5, 5.41) is 0. The summed E-state index contributed by atoms with van der Waals surface area (Å²) in [4.78, 5) is 28.7. The number of rotatable bonds is 5. The van der Waals surface area contributed by atoms with Crippen LogP contribution >= 0.6 is 12.4 Å². The van der Waals surface area contributed by atoms with Crippen LogP contribution in [0.25, 0.3) is 0 Å². The van der Waals surface area contributed by atoms with Gasteiger partial charge in [0.2, 0.25) is 5.91 Å². The Balaban J connectivity index is 0.00000280. The molecule has 2 aliphatic rings. The van der Waals surface area contributed by atoms with E-state index in [1.807, 2.05) is 36.1 Å². The van der Waals surface area contributed by atoms with Crippen LogP contribution in [0.5, 0.6) is 0 Å². The lowest BCUT2D eigenvalue weighted by molar-refractivity contribution is -0.139. The van der Waals surface area contributed by atoms with Crippen molar-refractivity contribution in [2.45, 2.75) is 51.6 Å². The number of fused-ring (bicyclic) bond motifs is 2. The second-order valence-electron chi connectivity index (χ2n) is 8.45. The molecule has 2 unspecified atom stereocenters. The van der Waals surface area contributed by atoms with Crippen molar-refractivity contribution in [3.05, 3.63) is 35.4 Å². The maximum atomic E-state index is 13.2. The van der Waals surface area contributed by atoms with E-state index in [-0.39, 0.29) is 30.1 Å². The van der Waals surface area contributed by atoms with Gasteiger partial charge >= 0.3 is 0 Å². The third kappa shape index (κ3) is 4.87. The number of halogens is 1. The van der Waals surface area contributed by atoms with Gasteiger partial charge in [-0.25, -0.2) is 0 Å². The first-order chi connectivity index (χ1) is 12.9. The molecule has 2 amide bonds. The van der Waals surface area contributed by atoms with Crippen molar-refractivity contribution < 1.29 is 9.59 Å². The fraction of sp³-hybridized carbons (Fsp3) is 0.636. The Labute approximate surface area is 175 Å². The third-order valence-corrected chi connectivity index (χ3v) is 6.44. The summed E-state index contributed by atoms with van der Waals surface area (Å²) in [7, 11) is 3.50. The van der Waals surface area contributed by atoms with Gasteiger partial charge in [-0.05, 0) is 62.1 Å². The average molecular weight is 408 g/mol. The van der Waals surface area contributed by atoms with Crippen LogP contribution in [-0.2, 0) is 11.3 Å². The Morgan fingerprint density at radius 1 is 1.07 bits per heavy atom. The van der Waals surface area contributed by atoms with Gasteiger partial charge in [0.15, 0.2) is 0 Å². The molecule has 0 spiro atoms. The average Bonchev–Trinajstić information content (AvgIpc) is 2.65. The lowest BCUT2D eigenvalue weighted by atomic mass is 9.65. The van der Waals surface area contributed by atoms with Crippen LogP contribution in [0.3, 0.4) is 0 Å². The molecule has 2 atom stereocenters. The summed E-state index contributed by atoms with van der Waals surface area (Å²) in [6.45, 7) is 3.34. The summed E-state index contributed by atoms with van der Waals surface area (Å²) in [6.07, 6.45) is 5.51. The van der Waals surface area contributed by atoms with E-state index in [0.717, 1.165) is 18.4 Å². The van der Waals surface area contributed by atoms with Gasteiger partial charge in [-0.15, -0.1) is 12.4 Å². The summed E-state index contributed by atoms with van der Waals surface area (Å²) in [6, 6.07) is 7.90. The van der Waals surface area contributed by atoms with Crippen LogP contribution in [0, 0.1) is 17.8 Å². The molecular weight excluding hydrogens is 374 g/mol. The zero-order chi connectivity index (χ0) is 19.6. The molecule has 2 fully saturated rings. The topological polar surface area (TPSA) is 66.6 Å². The predicted molar refractivity (Wildman–Crippen MR) is 114 cm³/mol. The number of nitrogens with two attached hydrogens (primary N) is 1. The molecule has 0 aliphatic heterocycles. The van der Waals surface area contributed by atoms with Crippen LogP contribution in [-0.4, -0.2) is 48.3 Å². The fourth-order valence-electron chi connectivity index (χ4n) is 4.83. The monoisotopic (exact) mass is 407 g/mol. The van der Waals surface area contributed by atoms with E-state index >= 15 is 0 Å². The second-order valence-corrected chi connectivity index (χ2v) is 8.45. The summed E-state index contributed by atoms with van der Waals surface area (Å²) in [5.41, 5.74) is 8.12. The fourth-order valence-corrected chi connectivity index (χ4v) is 4.83. The van der Waals surface area contributed by atoms with E-state index in [4.69, 9.17) is 5.73 Å². The molecule has 0 radical (unpaired) electrons. The zero-order valence-electron chi connectivity index (χ0n) is 17.3. The van der Waals surface area contributed by atoms with Crippen molar-refractivity contribution in [1.29, 1.82) is 0 Å². The number of nitrogens with zero attached hydrogens (tertiary/aromatic N) is 2. The lowest BCUT2D eigenvalue weighted by Crippen LogP contribution is -2.49. The first kappa shape index (κ1) is 22.7. The molecule has 5 nitrogen and oxygen atoms in total. The summed E-state index contributed by atoms with van der Waals surface area (Å²) >= 11 is 0. The minimum atomic E-state index is -0.00458. The first-order valence-corrected chi connectivity index (χ1v) is 10.3. The number of benzene rings is 1. The van der Waals surface area contributed by atoms with Crippen LogP contribution in [0.15, 0.2) is 24.3 Å². The highest BCUT2D eigenvalue weighted by atomic mass is 35.5. The molecule has 1 aromatic rings. The van der Waals surface area contributed by atoms with Gasteiger partial charge in [-0.2, -0.15) is 0 Å². The van der Waals surface area contributed by atoms with E-state index in [2.05, 4.69) is 0 Å². The van der Waals surface area contributed by atoms with Gasteiger partial charge in [-0.3, -0.25) is 9.59 Å². The van der Waals surface area contributed by atoms with E-state index in [1.54, 1.807) is 19.0 Å². The number of carbonyl (C=O) groups is 2. The van der Waals surface area contributed by atoms with Gasteiger partial charge < -0.3 is 15.5 Å². The molecule has 0 heterocycles. The Morgan fingerprint density at radius 2 is 1.64 bits per heavy atom. The van der Waals surface area contributed by atoms with Crippen molar-refractivity contribution >= 4 is 24.2 Å². The van der Waals surface area contributed by atoms with E-state index < -0.39 is 0 Å². The number of carbonyl (C=O) groups excluding carboxylic acids is 2. The van der Waals surface area contributed by atoms with Gasteiger partial charge in [-0.1, -0.05) is 18.6 Å². The standard InChI is InChI=1S/C22H33N3O2.ClH/c1-4-25(14-15-8-10-16(11-9-15)21(26)24(2)3)22(27)19-12-17-6-5-7-18(13-19)20(17)23;/h8-11,17-20H,4-7,12-14,23H2,1-3H3;1H. The minimum absolute atomic E-state index is 0. The SMILES string of the molecule is CCN(Cc1ccc(C(=O)N(C)C)cc1)C(=O)C1CC2CCCC(C1)C2N.Cl. The largest absolute Gasteiger partial charge is 0.345 e. The molecule has 3 rings (SSSR count). The predicted octanol–water partition coefficient (Wildman–Crippen LogP) is 3.31. The summed E-state index contributed by atoms with van der Waals surface area (Å²) < 4.78 is 0. The third-order valence-electron chi connectivity index (χ3n) is 6.44. The molecule has 0 saturated heterocycles. The molecule has 2 saturated carbocycles. The zero-order valence-corrected chi connectivity index (χ0v) is 18.1. The smallest absolute Gasteiger partial charge is 0.253 e. The van der Waals surface area contributed by atoms with E-state index in [9.17, 15) is 9.59 Å².